The molecule has 0 aliphatic heterocycles. The van der Waals surface area contributed by atoms with Crippen molar-refractivity contribution in [2.24, 2.45) is 0 Å². The van der Waals surface area contributed by atoms with Crippen molar-refractivity contribution in [1.29, 1.82) is 0 Å². The van der Waals surface area contributed by atoms with Crippen LogP contribution in [-0.4, -0.2) is 180 Å². The first kappa shape index (κ1) is 145. The van der Waals surface area contributed by atoms with Crippen molar-refractivity contribution in [1.82, 2.24) is 0 Å². The second-order valence-corrected chi connectivity index (χ2v) is 17.7. The van der Waals surface area contributed by atoms with Crippen molar-refractivity contribution < 1.29 is 195 Å². The summed E-state index contributed by atoms with van der Waals surface area (Å²) in [6, 6.07) is 0. The van der Waals surface area contributed by atoms with E-state index in [0.29, 0.717) is 0 Å². The molecule has 0 heterocycles. The van der Waals surface area contributed by atoms with Crippen molar-refractivity contribution in [3.05, 3.63) is 103 Å². The summed E-state index contributed by atoms with van der Waals surface area (Å²) in [6.07, 6.45) is 0. The van der Waals surface area contributed by atoms with Crippen LogP contribution in [-0.2, 0) is 149 Å². The summed E-state index contributed by atoms with van der Waals surface area (Å²) >= 11 is 0. The minimum Gasteiger partial charge on any atom is -0.545 e. The van der Waals surface area contributed by atoms with Gasteiger partial charge in [0.2, 0.25) is 0 Å². The van der Waals surface area contributed by atoms with Crippen LogP contribution >= 0.6 is 0 Å². The number of carbonyl (C=O) groups is 9. The van der Waals surface area contributed by atoms with E-state index in [2.05, 4.69) is 105 Å². The maximum atomic E-state index is 10.0. The molecule has 36 nitrogen and oxygen atoms in total. The summed E-state index contributed by atoms with van der Waals surface area (Å²) in [6.45, 7) is 110. The fourth-order valence-corrected chi connectivity index (χ4v) is 0.417. The third-order valence-electron chi connectivity index (χ3n) is 7.08. The van der Waals surface area contributed by atoms with Crippen LogP contribution in [0.2, 0.25) is 0 Å². The Kier molecular flexibility index (Phi) is 131. The Labute approximate surface area is 584 Å². The summed E-state index contributed by atoms with van der Waals surface area (Å²) in [5.41, 5.74) is -11.9. The molecule has 0 rings (SSSR count). The molecule has 0 aromatic rings. The van der Waals surface area contributed by atoms with Crippen LogP contribution in [0, 0.1) is 59.1 Å². The molecular formula is C54H66Mo3N9O27-15. The molecule has 0 aliphatic carbocycles. The van der Waals surface area contributed by atoms with Gasteiger partial charge in [-0.2, -0.15) is 0 Å². The van der Waals surface area contributed by atoms with Crippen molar-refractivity contribution in [2.75, 3.05) is 0 Å². The van der Waals surface area contributed by atoms with Crippen LogP contribution in [0.15, 0.2) is 0 Å². The molecular weight excluding hydrogens is 1490 g/mol. The van der Waals surface area contributed by atoms with Crippen LogP contribution in [0.3, 0.4) is 0 Å². The molecule has 0 saturated heterocycles. The van der Waals surface area contributed by atoms with E-state index in [1.807, 2.05) is 0 Å². The quantitative estimate of drug-likeness (QED) is 0.114. The second kappa shape index (κ2) is 83.8. The van der Waals surface area contributed by atoms with Gasteiger partial charge in [-0.05, 0) is 0 Å². The van der Waals surface area contributed by atoms with Crippen LogP contribution in [0.1, 0.15) is 125 Å². The number of carboxylic acid groups (broad SMARTS) is 9. The van der Waals surface area contributed by atoms with Gasteiger partial charge in [0.25, 0.3) is 33.2 Å². The molecule has 93 heavy (non-hydrogen) atoms. The molecule has 0 amide bonds. The Hall–Kier alpha value is -10.3. The number of hydrogen-bond acceptors (Lipinski definition) is 24. The zero-order chi connectivity index (χ0) is 79.1. The number of carboxylic acids is 9. The van der Waals surface area contributed by atoms with Gasteiger partial charge in [-0.3, -0.25) is 75.6 Å². The third-order valence-corrected chi connectivity index (χ3v) is 7.08. The van der Waals surface area contributed by atoms with Crippen LogP contribution < -0.4 is 30.6 Å². The number of aliphatic carboxylic acids is 9. The Morgan fingerprint density at radius 1 is 0.215 bits per heavy atom. The SMILES string of the molecule is [C-]#[N+]C(C)(C)C(=O)O.[C-]#[N+]C(C)(C)C(=O)O.[C-]#[N+]C(C)(C)C(=O)O.[C-]#[N+]C(C)(C)C(=O)[O-].[C-]#[N+]C(C)(C)C(=O)[O-].[C-]#[N+]C(C)(C)C(=O)[O-].[C-]#[N+]C(C)(C)C(=O)[O-].[C-]#[N+]C(C)(C)C(=O)[O-].[C-]#[N+]C(C)(C)C(=O)[O-].[CH-]=O.[CH-]=O.[CH-]=O.[CH-]=O.[CH-]=O.[CH-]=O.[CH-]=O.[CH-]=O.[CH-]=O.[Mo].[Mo].[Mo]. The van der Waals surface area contributed by atoms with Gasteiger partial charge in [-0.1, -0.05) is 0 Å². The van der Waals surface area contributed by atoms with Gasteiger partial charge >= 0.3 is 34.5 Å². The Balaban J connectivity index is -0.0000000318. The fourth-order valence-electron chi connectivity index (χ4n) is 0.417. The largest absolute Gasteiger partial charge is 0.545 e. The third kappa shape index (κ3) is 104. The number of nitrogens with zero attached hydrogens (tertiary/aromatic N) is 9. The van der Waals surface area contributed by atoms with E-state index in [9.17, 15) is 73.8 Å². The standard InChI is InChI=1S/9C5H7NO2.9CHO.3Mo/c9*1-5(2,6-3)4(7)8;9*1-2;;;/h9*1-2H3,(H,7,8);9*1H;;;/q;;;;;;;;;9*-1;;;/p-6. The molecule has 0 radical (unpaired) electrons. The van der Waals surface area contributed by atoms with Crippen molar-refractivity contribution in [3.8, 4) is 0 Å². The fraction of sp³-hybridized carbons (Fsp3) is 0.500. The van der Waals surface area contributed by atoms with Gasteiger partial charge in [-0.15, -0.1) is 0 Å². The Morgan fingerprint density at radius 3 is 0.269 bits per heavy atom. The number of carbonyl (C=O) groups excluding carboxylic acids is 15. The van der Waals surface area contributed by atoms with E-state index in [4.69, 9.17) is 118 Å². The van der Waals surface area contributed by atoms with E-state index in [1.165, 1.54) is 125 Å². The maximum Gasteiger partial charge on any atom is 0.390 e. The van der Waals surface area contributed by atoms with Gasteiger partial charge in [0.15, 0.2) is 0 Å². The van der Waals surface area contributed by atoms with Crippen molar-refractivity contribution in [2.45, 2.75) is 174 Å². The minimum absolute atomic E-state index is 0. The Bertz CT molecular complexity index is 1970. The van der Waals surface area contributed by atoms with Gasteiger partial charge in [0.1, 0.15) is 35.8 Å². The molecule has 522 valence electrons. The normalized spacial score (nSPS) is 8.23. The van der Waals surface area contributed by atoms with E-state index < -0.39 is 104 Å². The van der Waals surface area contributed by atoms with Crippen LogP contribution in [0.5, 0.6) is 0 Å². The monoisotopic (exact) mass is 1570 g/mol. The molecule has 0 aliphatic rings. The molecule has 0 aromatic heterocycles. The van der Waals surface area contributed by atoms with Gasteiger partial charge < -0.3 is 147 Å². The molecule has 0 saturated carbocycles. The minimum atomic E-state index is -1.36. The number of hydrogen-bond donors (Lipinski definition) is 3. The van der Waals surface area contributed by atoms with Crippen molar-refractivity contribution in [3.63, 3.8) is 0 Å². The zero-order valence-corrected chi connectivity index (χ0v) is 59.1. The first-order chi connectivity index (χ1) is 40.5. The summed E-state index contributed by atoms with van der Waals surface area (Å²) in [5.74, 6) is -11.2. The average Bonchev–Trinajstić information content (AvgIpc) is 3.52. The topological polar surface area (TPSA) is 546 Å². The summed E-state index contributed by atoms with van der Waals surface area (Å²) in [7, 11) is 0. The molecule has 0 unspecified atom stereocenters. The van der Waals surface area contributed by atoms with E-state index in [1.54, 1.807) is 0 Å². The van der Waals surface area contributed by atoms with Crippen LogP contribution in [0.25, 0.3) is 43.6 Å². The van der Waals surface area contributed by atoms with Gasteiger partial charge in [0, 0.05) is 188 Å². The maximum absolute atomic E-state index is 10.0. The summed E-state index contributed by atoms with van der Waals surface area (Å²) in [4.78, 5) is 185. The predicted molar refractivity (Wildman–Crippen MR) is 300 cm³/mol. The molecule has 0 spiro atoms. The van der Waals surface area contributed by atoms with Crippen LogP contribution in [0.4, 0.5) is 0 Å². The summed E-state index contributed by atoms with van der Waals surface area (Å²) < 4.78 is 0. The molecule has 0 bridgehead atoms. The second-order valence-electron chi connectivity index (χ2n) is 17.7. The van der Waals surface area contributed by atoms with E-state index in [0.717, 1.165) is 0 Å². The smallest absolute Gasteiger partial charge is 0.390 e. The molecule has 3 N–H and O–H groups in total. The first-order valence-electron chi connectivity index (χ1n) is 21.1. The summed E-state index contributed by atoms with van der Waals surface area (Å²) in [5, 5.41) is 84.2. The average molecular weight is 1560 g/mol. The van der Waals surface area contributed by atoms with E-state index >= 15 is 0 Å². The number of rotatable bonds is 9. The zero-order valence-electron chi connectivity index (χ0n) is 53.1. The Morgan fingerprint density at radius 2 is 0.269 bits per heavy atom. The molecule has 0 aromatic carbocycles. The van der Waals surface area contributed by atoms with Crippen molar-refractivity contribution >= 4 is 115 Å². The first-order valence-corrected chi connectivity index (χ1v) is 21.1. The van der Waals surface area contributed by atoms with E-state index in [-0.39, 0.29) is 63.2 Å². The predicted octanol–water partition coefficient (Wildman–Crippen LogP) is -3.56. The molecule has 39 heteroatoms. The van der Waals surface area contributed by atoms with Gasteiger partial charge in [0.05, 0.1) is 0 Å². The molecule has 0 atom stereocenters. The molecule has 0 fully saturated rings. The van der Waals surface area contributed by atoms with Gasteiger partial charge in [-0.25, -0.2) is 73.5 Å².